The van der Waals surface area contributed by atoms with Gasteiger partial charge in [-0.1, -0.05) is 100 Å². The molecule has 13 heteroatoms. The minimum Gasteiger partial charge on any atom is -0.508 e. The number of phenols is 3. The fourth-order valence-electron chi connectivity index (χ4n) is 16.1. The summed E-state index contributed by atoms with van der Waals surface area (Å²) >= 11 is 0. The van der Waals surface area contributed by atoms with Crippen LogP contribution in [0.4, 0.5) is 0 Å². The first-order chi connectivity index (χ1) is 39.4. The highest BCUT2D eigenvalue weighted by Crippen LogP contribution is 2.70. The van der Waals surface area contributed by atoms with Crippen molar-refractivity contribution < 1.29 is 49.0 Å². The van der Waals surface area contributed by atoms with Crippen LogP contribution in [0.2, 0.25) is 0 Å². The Kier molecular flexibility index (Phi) is 14.6. The van der Waals surface area contributed by atoms with Crippen LogP contribution >= 0.6 is 21.6 Å². The summed E-state index contributed by atoms with van der Waals surface area (Å²) in [5, 5.41) is 52.9. The molecule has 2 aliphatic heterocycles. The van der Waals surface area contributed by atoms with Gasteiger partial charge in [0.25, 0.3) is 0 Å². The van der Waals surface area contributed by atoms with Crippen molar-refractivity contribution in [1.29, 1.82) is 0 Å². The lowest BCUT2D eigenvalue weighted by atomic mass is 9.40. The van der Waals surface area contributed by atoms with Crippen LogP contribution < -0.4 is 14.8 Å². The molecule has 11 nitrogen and oxygen atoms in total. The second kappa shape index (κ2) is 22.0. The molecule has 3 saturated carbocycles. The van der Waals surface area contributed by atoms with Crippen LogP contribution in [0.15, 0.2) is 115 Å². The lowest BCUT2D eigenvalue weighted by molar-refractivity contribution is -0.179. The number of rotatable bonds is 4. The number of aliphatic hydroxyl groups excluding tert-OH is 1. The first kappa shape index (κ1) is 53.7. The maximum atomic E-state index is 16.6. The van der Waals surface area contributed by atoms with Crippen LogP contribution in [0.1, 0.15) is 103 Å². The zero-order valence-electron chi connectivity index (χ0n) is 45.8. The number of allylic oxidation sites excluding steroid dienone is 1. The quantitative estimate of drug-likeness (QED) is 0.0644. The van der Waals surface area contributed by atoms with Gasteiger partial charge in [-0.2, -0.15) is 0 Å². The summed E-state index contributed by atoms with van der Waals surface area (Å²) in [6, 6.07) is 36.0. The highest BCUT2D eigenvalue weighted by molar-refractivity contribution is 8.76. The maximum Gasteiger partial charge on any atom is 0.316 e. The number of esters is 2. The lowest BCUT2D eigenvalue weighted by Crippen LogP contribution is -2.62. The molecule has 5 aliphatic carbocycles. The van der Waals surface area contributed by atoms with Crippen LogP contribution in [-0.4, -0.2) is 82.4 Å². The molecule has 12 atom stereocenters. The largest absolute Gasteiger partial charge is 0.508 e. The molecule has 1 spiro atoms. The predicted molar refractivity (Wildman–Crippen MR) is 317 cm³/mol. The van der Waals surface area contributed by atoms with Gasteiger partial charge in [0.15, 0.2) is 23.0 Å². The summed E-state index contributed by atoms with van der Waals surface area (Å²) in [7, 11) is 5.03. The van der Waals surface area contributed by atoms with Gasteiger partial charge in [0.05, 0.1) is 25.2 Å². The van der Waals surface area contributed by atoms with E-state index in [1.807, 2.05) is 60.7 Å². The van der Waals surface area contributed by atoms with E-state index in [1.165, 1.54) is 14.0 Å². The molecule has 0 saturated heterocycles. The Balaban J connectivity index is 1.03. The molecule has 3 fully saturated rings. The summed E-state index contributed by atoms with van der Waals surface area (Å²) in [5.74, 6) is 6.98. The van der Waals surface area contributed by atoms with Gasteiger partial charge >= 0.3 is 11.9 Å². The summed E-state index contributed by atoms with van der Waals surface area (Å²) < 4.78 is 26.4. The first-order valence-electron chi connectivity index (χ1n) is 28.9. The summed E-state index contributed by atoms with van der Waals surface area (Å²) in [6.45, 7) is 3.18. The van der Waals surface area contributed by atoms with Crippen LogP contribution in [-0.2, 0) is 43.9 Å². The van der Waals surface area contributed by atoms with Gasteiger partial charge in [0.1, 0.15) is 18.0 Å². The highest BCUT2D eigenvalue weighted by Gasteiger charge is 2.66. The molecule has 0 amide bonds. The Bertz CT molecular complexity index is 3520. The number of benzene rings is 6. The molecule has 5 N–H and O–H groups in total. The van der Waals surface area contributed by atoms with Crippen molar-refractivity contribution in [3.63, 3.8) is 0 Å². The van der Waals surface area contributed by atoms with E-state index >= 15 is 4.79 Å². The second-order valence-electron chi connectivity index (χ2n) is 23.9. The van der Waals surface area contributed by atoms with Gasteiger partial charge in [0.2, 0.25) is 0 Å². The highest BCUT2D eigenvalue weighted by atomic mass is 33.1. The van der Waals surface area contributed by atoms with Crippen molar-refractivity contribution >= 4 is 50.4 Å². The first-order valence-corrected chi connectivity index (χ1v) is 31.4. The monoisotopic (exact) mass is 1120 g/mol. The molecule has 6 aromatic rings. The van der Waals surface area contributed by atoms with Gasteiger partial charge in [-0.05, 0) is 184 Å². The Morgan fingerprint density at radius 3 is 2.58 bits per heavy atom. The average Bonchev–Trinajstić information content (AvgIpc) is 3.64. The maximum absolute atomic E-state index is 16.6. The molecule has 0 radical (unpaired) electrons. The molecule has 6 aromatic carbocycles. The third-order valence-electron chi connectivity index (χ3n) is 19.3. The number of nitrogens with one attached hydrogen (secondary N) is 1. The number of aromatic hydroxyl groups is 3. The number of hydrogen-bond acceptors (Lipinski definition) is 13. The van der Waals surface area contributed by atoms with Crippen molar-refractivity contribution in [2.75, 3.05) is 31.8 Å². The Labute approximate surface area is 481 Å². The third kappa shape index (κ3) is 9.91. The molecule has 418 valence electrons. The van der Waals surface area contributed by atoms with Gasteiger partial charge < -0.3 is 44.7 Å². The smallest absolute Gasteiger partial charge is 0.316 e. The Morgan fingerprint density at radius 1 is 0.864 bits per heavy atom. The van der Waals surface area contributed by atoms with Crippen molar-refractivity contribution in [2.24, 2.45) is 35.0 Å². The number of carbonyl (C=O) groups excluding carboxylic acids is 2. The minimum atomic E-state index is -1.16. The van der Waals surface area contributed by atoms with E-state index in [2.05, 4.69) is 71.8 Å². The fourth-order valence-corrected chi connectivity index (χ4v) is 18.4. The molecular formula is C68H69NO10S2. The van der Waals surface area contributed by atoms with Gasteiger partial charge in [0, 0.05) is 61.6 Å². The van der Waals surface area contributed by atoms with Crippen molar-refractivity contribution in [3.8, 4) is 51.7 Å². The van der Waals surface area contributed by atoms with Gasteiger partial charge in [-0.3, -0.25) is 9.59 Å². The topological polar surface area (TPSA) is 164 Å². The Hall–Kier alpha value is -6.56. The lowest BCUT2D eigenvalue weighted by Gasteiger charge is -2.64. The fraction of sp³-hybridized carbons (Fsp3) is 0.412. The molecule has 11 bridgehead atoms. The van der Waals surface area contributed by atoms with Gasteiger partial charge in [-0.25, -0.2) is 0 Å². The summed E-state index contributed by atoms with van der Waals surface area (Å²) in [4.78, 5) is 30.5. The third-order valence-corrected chi connectivity index (χ3v) is 21.8. The van der Waals surface area contributed by atoms with E-state index in [4.69, 9.17) is 18.9 Å². The molecular weight excluding hydrogens is 1050 g/mol. The van der Waals surface area contributed by atoms with E-state index in [0.717, 1.165) is 73.0 Å². The number of aliphatic hydroxyl groups is 1. The normalized spacial score (nSPS) is 30.5. The zero-order chi connectivity index (χ0) is 55.6. The summed E-state index contributed by atoms with van der Waals surface area (Å²) in [6.07, 6.45) is 6.39. The molecule has 2 heterocycles. The average molecular weight is 1120 g/mol. The Morgan fingerprint density at radius 2 is 1.73 bits per heavy atom. The van der Waals surface area contributed by atoms with E-state index < -0.39 is 41.0 Å². The van der Waals surface area contributed by atoms with E-state index in [1.54, 1.807) is 27.7 Å². The van der Waals surface area contributed by atoms with Gasteiger partial charge in [-0.15, -0.1) is 5.92 Å². The van der Waals surface area contributed by atoms with Crippen LogP contribution in [0.3, 0.4) is 0 Å². The standard InChI is InChI=1S/C68H69NO10S2/c1-39(70)78-62-31-50-30-55-53-33-64(60(73)26-46(53)24-56-59(72)34-57-54-32-61(74)63(76-2)27-47(54)25-58(62)68(57,65(55)56)17-16-40-9-4-3-5-10-40)77-19-20-80-81-38-43-21-41-11-6-7-18-69-37-42-12-8-13-44(22-42)52-29-49(71)23-45-14-15-48(28-51(45)52)67(35-41,36-43)66(75)79-50/h3-5,8-10,12-17,22-23,26-29,32-33,41,43,50,55-59,62,65,69,71-74H,7,18-21,24-25,30-31,34-38H2,1-2H3. The summed E-state index contributed by atoms with van der Waals surface area (Å²) in [5.41, 5.74) is 6.57. The number of ether oxygens (including phenoxy) is 4. The number of hydrogen-bond donors (Lipinski definition) is 5. The molecule has 81 heavy (non-hydrogen) atoms. The number of methoxy groups -OCH3 is 1. The van der Waals surface area contributed by atoms with Crippen molar-refractivity contribution in [2.45, 2.75) is 107 Å². The zero-order valence-corrected chi connectivity index (χ0v) is 47.4. The van der Waals surface area contributed by atoms with E-state index in [-0.39, 0.29) is 65.1 Å². The van der Waals surface area contributed by atoms with E-state index in [9.17, 15) is 25.2 Å². The van der Waals surface area contributed by atoms with Crippen LogP contribution in [0.5, 0.6) is 28.7 Å². The van der Waals surface area contributed by atoms with Crippen LogP contribution in [0, 0.1) is 46.8 Å². The second-order valence-corrected chi connectivity index (χ2v) is 26.5. The minimum absolute atomic E-state index is 0.0134. The SMILES string of the molecule is COc1cc2c(cc1O)C1CC(O)C3Cc4cc(O)c5cc4C4CC(CC(OC(C)=O)C(C2)C1(C=Cc1ccccc1)C43)OC(=O)C12CC(C#CCCNCc3cccc(c3)-c3cc(O)cc4ccc1cc34)CC(CSSCCO5)C2. The van der Waals surface area contributed by atoms with Crippen LogP contribution in [0.25, 0.3) is 28.0 Å². The molecule has 13 rings (SSSR count). The predicted octanol–water partition coefficient (Wildman–Crippen LogP) is 12.2. The number of phenolic OH excluding ortho intramolecular Hbond substituents is 3. The van der Waals surface area contributed by atoms with E-state index in [0.29, 0.717) is 81.9 Å². The van der Waals surface area contributed by atoms with Crippen molar-refractivity contribution in [1.82, 2.24) is 5.32 Å². The molecule has 0 aromatic heterocycles. The number of carbonyl (C=O) groups is 2. The molecule has 7 aliphatic rings. The number of fused-ring (bicyclic) bond motifs is 10. The van der Waals surface area contributed by atoms with Crippen molar-refractivity contribution in [3.05, 3.63) is 154 Å². The molecule has 12 unspecified atom stereocenters.